The molecule has 0 unspecified atom stereocenters. The zero-order valence-electron chi connectivity index (χ0n) is 22.5. The number of rotatable bonds is 4. The van der Waals surface area contributed by atoms with Gasteiger partial charge in [0.1, 0.15) is 11.5 Å². The average molecular weight is 529 g/mol. The van der Waals surface area contributed by atoms with Crippen molar-refractivity contribution in [3.8, 4) is 0 Å². The minimum atomic E-state index is -1.35. The molecule has 4 atom stereocenters. The van der Waals surface area contributed by atoms with Crippen LogP contribution in [0, 0.1) is 19.8 Å². The lowest BCUT2D eigenvalue weighted by Gasteiger charge is -2.39. The first-order chi connectivity index (χ1) is 19.3. The Hall–Kier alpha value is -4.71. The number of nitrogens with zero attached hydrogens (tertiary/aromatic N) is 1. The summed E-state index contributed by atoms with van der Waals surface area (Å²) in [7, 11) is 0. The van der Waals surface area contributed by atoms with E-state index in [1.807, 2.05) is 74.2 Å². The van der Waals surface area contributed by atoms with Crippen LogP contribution in [-0.2, 0) is 10.2 Å². The Bertz CT molecular complexity index is 1730. The number of allylic oxidation sites excluding steroid dienone is 1. The van der Waals surface area contributed by atoms with E-state index in [0.717, 1.165) is 33.5 Å². The average Bonchev–Trinajstić information content (AvgIpc) is 3.66. The maximum Gasteiger partial charge on any atom is 0.238 e. The van der Waals surface area contributed by atoms with Gasteiger partial charge in [0, 0.05) is 22.5 Å². The molecule has 6 nitrogen and oxygen atoms in total. The second kappa shape index (κ2) is 8.65. The van der Waals surface area contributed by atoms with Crippen molar-refractivity contribution in [2.75, 3.05) is 10.2 Å². The fourth-order valence-electron chi connectivity index (χ4n) is 7.01. The van der Waals surface area contributed by atoms with Gasteiger partial charge in [0.25, 0.3) is 0 Å². The van der Waals surface area contributed by atoms with Gasteiger partial charge in [-0.25, -0.2) is 0 Å². The van der Waals surface area contributed by atoms with Crippen molar-refractivity contribution in [1.29, 1.82) is 0 Å². The second-order valence-electron chi connectivity index (χ2n) is 11.1. The molecule has 3 aromatic carbocycles. The lowest BCUT2D eigenvalue weighted by atomic mass is 9.64. The van der Waals surface area contributed by atoms with Gasteiger partial charge in [-0.15, -0.1) is 0 Å². The lowest BCUT2D eigenvalue weighted by molar-refractivity contribution is -0.121. The Labute approximate surface area is 232 Å². The van der Waals surface area contributed by atoms with Crippen LogP contribution in [0.5, 0.6) is 0 Å². The number of amides is 1. The van der Waals surface area contributed by atoms with Gasteiger partial charge < -0.3 is 14.6 Å². The van der Waals surface area contributed by atoms with E-state index >= 15 is 0 Å². The van der Waals surface area contributed by atoms with Crippen LogP contribution in [0.4, 0.5) is 11.4 Å². The van der Waals surface area contributed by atoms with Crippen LogP contribution in [0.25, 0.3) is 5.57 Å². The Morgan fingerprint density at radius 2 is 1.62 bits per heavy atom. The van der Waals surface area contributed by atoms with Gasteiger partial charge in [0.15, 0.2) is 11.5 Å². The second-order valence-corrected chi connectivity index (χ2v) is 11.1. The molecule has 198 valence electrons. The van der Waals surface area contributed by atoms with E-state index in [0.29, 0.717) is 11.3 Å². The number of para-hydroxylation sites is 1. The Kier molecular flexibility index (Phi) is 5.26. The van der Waals surface area contributed by atoms with Crippen LogP contribution in [-0.4, -0.2) is 29.6 Å². The predicted octanol–water partition coefficient (Wildman–Crippen LogP) is 6.14. The van der Waals surface area contributed by atoms with Crippen molar-refractivity contribution in [1.82, 2.24) is 0 Å². The molecular weight excluding hydrogens is 500 g/mol. The standard InChI is InChI=1S/C34H28N2O4/c1-19-10-13-22(14-11-19)31(37)30-29(32(38)27-9-6-16-40-27)34(24-7-4-5-8-25(24)35-33(34)39)28-18-21(3)23-17-20(2)12-15-26(23)36(28)30/h4-18,28-30H,1-3H3,(H,35,39)/t28-,29-,30-,34-/m0/s1. The molecular formula is C34H28N2O4. The summed E-state index contributed by atoms with van der Waals surface area (Å²) in [5, 5.41) is 3.06. The van der Waals surface area contributed by atoms with Crippen molar-refractivity contribution < 1.29 is 18.8 Å². The molecule has 1 spiro atoms. The summed E-state index contributed by atoms with van der Waals surface area (Å²) < 4.78 is 5.62. The third-order valence-electron chi connectivity index (χ3n) is 8.78. The first-order valence-corrected chi connectivity index (χ1v) is 13.5. The first kappa shape index (κ1) is 24.3. The van der Waals surface area contributed by atoms with Gasteiger partial charge in [-0.05, 0) is 62.2 Å². The molecule has 0 aliphatic carbocycles. The monoisotopic (exact) mass is 528 g/mol. The van der Waals surface area contributed by atoms with Crippen molar-refractivity contribution in [2.45, 2.75) is 38.3 Å². The van der Waals surface area contributed by atoms with E-state index < -0.39 is 23.4 Å². The fourth-order valence-corrected chi connectivity index (χ4v) is 7.01. The number of nitrogens with one attached hydrogen (secondary N) is 1. The van der Waals surface area contributed by atoms with Gasteiger partial charge in [-0.1, -0.05) is 65.7 Å². The predicted molar refractivity (Wildman–Crippen MR) is 154 cm³/mol. The number of carbonyl (C=O) groups is 3. The van der Waals surface area contributed by atoms with Gasteiger partial charge in [0.05, 0.1) is 18.2 Å². The number of benzene rings is 3. The van der Waals surface area contributed by atoms with E-state index in [4.69, 9.17) is 4.42 Å². The summed E-state index contributed by atoms with van der Waals surface area (Å²) in [6.45, 7) is 6.03. The molecule has 0 bridgehead atoms. The van der Waals surface area contributed by atoms with Crippen molar-refractivity contribution >= 4 is 34.4 Å². The summed E-state index contributed by atoms with van der Waals surface area (Å²) in [6.07, 6.45) is 3.51. The molecule has 3 aliphatic rings. The topological polar surface area (TPSA) is 79.6 Å². The summed E-state index contributed by atoms with van der Waals surface area (Å²) >= 11 is 0. The molecule has 1 fully saturated rings. The van der Waals surface area contributed by atoms with Gasteiger partial charge >= 0.3 is 0 Å². The van der Waals surface area contributed by atoms with Gasteiger partial charge in [-0.2, -0.15) is 0 Å². The third-order valence-corrected chi connectivity index (χ3v) is 8.78. The van der Waals surface area contributed by atoms with Gasteiger partial charge in [-0.3, -0.25) is 14.4 Å². The third kappa shape index (κ3) is 3.19. The van der Waals surface area contributed by atoms with Crippen molar-refractivity contribution in [3.05, 3.63) is 125 Å². The van der Waals surface area contributed by atoms with Crippen LogP contribution in [0.2, 0.25) is 0 Å². The molecule has 1 aromatic heterocycles. The number of carbonyl (C=O) groups excluding carboxylic acids is 3. The molecule has 3 aliphatic heterocycles. The molecule has 0 radical (unpaired) electrons. The fraction of sp³-hybridized carbons (Fsp3) is 0.206. The number of furan rings is 1. The number of hydrogen-bond acceptors (Lipinski definition) is 5. The first-order valence-electron chi connectivity index (χ1n) is 13.5. The largest absolute Gasteiger partial charge is 0.461 e. The molecule has 1 N–H and O–H groups in total. The molecule has 4 heterocycles. The van der Waals surface area contributed by atoms with E-state index in [1.54, 1.807) is 24.3 Å². The molecule has 4 aromatic rings. The maximum absolute atomic E-state index is 14.6. The van der Waals surface area contributed by atoms with E-state index in [9.17, 15) is 14.4 Å². The number of fused-ring (bicyclic) bond motifs is 6. The van der Waals surface area contributed by atoms with Crippen LogP contribution in [0.3, 0.4) is 0 Å². The van der Waals surface area contributed by atoms with E-state index in [2.05, 4.69) is 17.5 Å². The summed E-state index contributed by atoms with van der Waals surface area (Å²) in [5.41, 5.74) is 5.48. The summed E-state index contributed by atoms with van der Waals surface area (Å²) in [6, 6.07) is 22.8. The molecule has 6 heteroatoms. The Morgan fingerprint density at radius 1 is 0.875 bits per heavy atom. The molecule has 40 heavy (non-hydrogen) atoms. The number of hydrogen-bond donors (Lipinski definition) is 1. The van der Waals surface area contributed by atoms with E-state index in [1.165, 1.54) is 6.26 Å². The van der Waals surface area contributed by atoms with E-state index in [-0.39, 0.29) is 23.2 Å². The normalized spacial score (nSPS) is 24.3. The SMILES string of the molecule is CC1=C[C@@H]2N(c3ccc(C)cc31)[C@H](C(=O)c1ccc(C)cc1)[C@@H](C(=O)c1ccco1)[C@@]21C(=O)Nc2ccccc21. The minimum Gasteiger partial charge on any atom is -0.461 e. The van der Waals surface area contributed by atoms with Crippen LogP contribution >= 0.6 is 0 Å². The zero-order valence-corrected chi connectivity index (χ0v) is 22.5. The quantitative estimate of drug-likeness (QED) is 0.322. The summed E-state index contributed by atoms with van der Waals surface area (Å²) in [4.78, 5) is 45.6. The smallest absolute Gasteiger partial charge is 0.238 e. The summed E-state index contributed by atoms with van der Waals surface area (Å²) in [5.74, 6) is -1.77. The molecule has 1 amide bonds. The maximum atomic E-state index is 14.6. The molecule has 0 saturated carbocycles. The van der Waals surface area contributed by atoms with Crippen LogP contribution < -0.4 is 10.2 Å². The van der Waals surface area contributed by atoms with Crippen molar-refractivity contribution in [2.24, 2.45) is 5.92 Å². The highest BCUT2D eigenvalue weighted by atomic mass is 16.3. The zero-order chi connectivity index (χ0) is 27.8. The molecule has 7 rings (SSSR count). The highest BCUT2D eigenvalue weighted by Gasteiger charge is 2.70. The lowest BCUT2D eigenvalue weighted by Crippen LogP contribution is -2.51. The number of aryl methyl sites for hydroxylation is 2. The Morgan fingerprint density at radius 3 is 2.38 bits per heavy atom. The molecule has 1 saturated heterocycles. The highest BCUT2D eigenvalue weighted by Crippen LogP contribution is 2.58. The number of ketones is 2. The van der Waals surface area contributed by atoms with Crippen molar-refractivity contribution in [3.63, 3.8) is 0 Å². The highest BCUT2D eigenvalue weighted by molar-refractivity contribution is 6.18. The van der Waals surface area contributed by atoms with Crippen LogP contribution in [0.15, 0.2) is 95.6 Å². The van der Waals surface area contributed by atoms with Crippen LogP contribution in [0.1, 0.15) is 50.1 Å². The minimum absolute atomic E-state index is 0.132. The Balaban J connectivity index is 1.56. The number of Topliss-reactive ketones (excluding diaryl/α,β-unsaturated/α-hetero) is 2. The number of anilines is 2. The van der Waals surface area contributed by atoms with Gasteiger partial charge in [0.2, 0.25) is 11.7 Å².